The Hall–Kier alpha value is -1.35. The molecule has 0 bridgehead atoms. The number of nitrogens with zero attached hydrogens (tertiary/aromatic N) is 2. The Balaban J connectivity index is 1.85. The van der Waals surface area contributed by atoms with Crippen molar-refractivity contribution < 1.29 is 0 Å². The molecule has 1 atom stereocenters. The summed E-state index contributed by atoms with van der Waals surface area (Å²) in [6, 6.07) is 9.02. The summed E-state index contributed by atoms with van der Waals surface area (Å²) in [5.41, 5.74) is 2.38. The van der Waals surface area contributed by atoms with Gasteiger partial charge in [-0.3, -0.25) is 0 Å². The van der Waals surface area contributed by atoms with Gasteiger partial charge in [0.15, 0.2) is 0 Å². The van der Waals surface area contributed by atoms with Crippen LogP contribution in [0.15, 0.2) is 24.3 Å². The van der Waals surface area contributed by atoms with Crippen LogP contribution in [0.1, 0.15) is 37.9 Å². The zero-order valence-electron chi connectivity index (χ0n) is 12.6. The number of nitrogens with one attached hydrogen (secondary N) is 1. The van der Waals surface area contributed by atoms with Crippen LogP contribution in [0.5, 0.6) is 0 Å². The lowest BCUT2D eigenvalue weighted by Crippen LogP contribution is -2.38. The topological polar surface area (TPSA) is 29.9 Å². The van der Waals surface area contributed by atoms with Crippen molar-refractivity contribution in [3.63, 3.8) is 0 Å². The number of hydrogen-bond donors (Lipinski definition) is 1. The number of para-hydroxylation sites is 2. The number of imidazole rings is 1. The SMILES string of the molecule is CNC(Cn1c(C)nc2ccccc21)C1CCCCC1. The number of hydrogen-bond acceptors (Lipinski definition) is 2. The highest BCUT2D eigenvalue weighted by Crippen LogP contribution is 2.28. The first-order chi connectivity index (χ1) is 9.79. The van der Waals surface area contributed by atoms with Crippen molar-refractivity contribution >= 4 is 11.0 Å². The van der Waals surface area contributed by atoms with Crippen LogP contribution in [-0.2, 0) is 6.54 Å². The summed E-state index contributed by atoms with van der Waals surface area (Å²) in [6.07, 6.45) is 6.95. The summed E-state index contributed by atoms with van der Waals surface area (Å²) in [5, 5.41) is 3.55. The van der Waals surface area contributed by atoms with Gasteiger partial charge in [-0.1, -0.05) is 31.4 Å². The molecular weight excluding hydrogens is 246 g/mol. The third-order valence-corrected chi connectivity index (χ3v) is 4.81. The monoisotopic (exact) mass is 271 g/mol. The minimum Gasteiger partial charge on any atom is -0.327 e. The van der Waals surface area contributed by atoms with Crippen molar-refractivity contribution in [2.24, 2.45) is 5.92 Å². The Labute approximate surface area is 121 Å². The molecule has 108 valence electrons. The van der Waals surface area contributed by atoms with E-state index in [0.29, 0.717) is 6.04 Å². The Kier molecular flexibility index (Phi) is 4.06. The number of likely N-dealkylation sites (N-methyl/N-ethyl adjacent to an activating group) is 1. The Morgan fingerprint density at radius 2 is 2.00 bits per heavy atom. The van der Waals surface area contributed by atoms with Crippen molar-refractivity contribution in [1.82, 2.24) is 14.9 Å². The molecule has 1 saturated carbocycles. The summed E-state index contributed by atoms with van der Waals surface area (Å²) in [4.78, 5) is 4.68. The highest BCUT2D eigenvalue weighted by molar-refractivity contribution is 5.75. The van der Waals surface area contributed by atoms with E-state index in [0.717, 1.165) is 23.8 Å². The van der Waals surface area contributed by atoms with E-state index in [4.69, 9.17) is 0 Å². The summed E-state index contributed by atoms with van der Waals surface area (Å²) in [6.45, 7) is 3.15. The summed E-state index contributed by atoms with van der Waals surface area (Å²) in [5.74, 6) is 1.94. The maximum absolute atomic E-state index is 4.68. The second kappa shape index (κ2) is 5.96. The van der Waals surface area contributed by atoms with Crippen LogP contribution in [0.25, 0.3) is 11.0 Å². The average Bonchev–Trinajstić information content (AvgIpc) is 2.81. The maximum Gasteiger partial charge on any atom is 0.106 e. The van der Waals surface area contributed by atoms with E-state index in [9.17, 15) is 0 Å². The molecule has 3 nitrogen and oxygen atoms in total. The molecule has 0 spiro atoms. The zero-order valence-corrected chi connectivity index (χ0v) is 12.6. The molecule has 1 heterocycles. The first-order valence-corrected chi connectivity index (χ1v) is 7.88. The Bertz CT molecular complexity index is 567. The predicted molar refractivity (Wildman–Crippen MR) is 83.9 cm³/mol. The van der Waals surface area contributed by atoms with Gasteiger partial charge in [0.2, 0.25) is 0 Å². The van der Waals surface area contributed by atoms with Crippen LogP contribution >= 0.6 is 0 Å². The fourth-order valence-electron chi connectivity index (χ4n) is 3.64. The lowest BCUT2D eigenvalue weighted by Gasteiger charge is -2.30. The van der Waals surface area contributed by atoms with Gasteiger partial charge in [0, 0.05) is 12.6 Å². The third kappa shape index (κ3) is 2.59. The van der Waals surface area contributed by atoms with Crippen molar-refractivity contribution in [3.05, 3.63) is 30.1 Å². The highest BCUT2D eigenvalue weighted by Gasteiger charge is 2.23. The standard InChI is InChI=1S/C17H25N3/c1-13-19-15-10-6-7-11-17(15)20(13)12-16(18-2)14-8-4-3-5-9-14/h6-7,10-11,14,16,18H,3-5,8-9,12H2,1-2H3. The molecule has 1 fully saturated rings. The smallest absolute Gasteiger partial charge is 0.106 e. The average molecular weight is 271 g/mol. The molecule has 0 radical (unpaired) electrons. The Morgan fingerprint density at radius 1 is 1.25 bits per heavy atom. The van der Waals surface area contributed by atoms with Gasteiger partial charge >= 0.3 is 0 Å². The number of benzene rings is 1. The molecule has 1 aliphatic carbocycles. The van der Waals surface area contributed by atoms with Gasteiger partial charge < -0.3 is 9.88 Å². The van der Waals surface area contributed by atoms with E-state index in [2.05, 4.69) is 53.1 Å². The number of fused-ring (bicyclic) bond motifs is 1. The van der Waals surface area contributed by atoms with Crippen molar-refractivity contribution in [1.29, 1.82) is 0 Å². The van der Waals surface area contributed by atoms with Gasteiger partial charge in [-0.15, -0.1) is 0 Å². The van der Waals surface area contributed by atoms with Gasteiger partial charge in [-0.25, -0.2) is 4.98 Å². The number of rotatable bonds is 4. The molecule has 0 amide bonds. The fourth-order valence-corrected chi connectivity index (χ4v) is 3.64. The quantitative estimate of drug-likeness (QED) is 0.922. The van der Waals surface area contributed by atoms with E-state index in [1.165, 1.54) is 37.6 Å². The van der Waals surface area contributed by atoms with Gasteiger partial charge in [0.25, 0.3) is 0 Å². The van der Waals surface area contributed by atoms with E-state index in [1.54, 1.807) is 0 Å². The van der Waals surface area contributed by atoms with Crippen molar-refractivity contribution in [2.45, 2.75) is 51.6 Å². The van der Waals surface area contributed by atoms with Crippen LogP contribution in [-0.4, -0.2) is 22.6 Å². The minimum atomic E-state index is 0.562. The molecule has 2 aromatic rings. The lowest BCUT2D eigenvalue weighted by molar-refractivity contribution is 0.258. The van der Waals surface area contributed by atoms with E-state index in [1.807, 2.05) is 0 Å². The molecule has 3 rings (SSSR count). The van der Waals surface area contributed by atoms with E-state index in [-0.39, 0.29) is 0 Å². The van der Waals surface area contributed by atoms with Crippen LogP contribution in [0.2, 0.25) is 0 Å². The molecule has 1 aromatic heterocycles. The summed E-state index contributed by atoms with van der Waals surface area (Å²) >= 11 is 0. The first kappa shape index (κ1) is 13.6. The van der Waals surface area contributed by atoms with Gasteiger partial charge in [-0.2, -0.15) is 0 Å². The molecule has 1 aliphatic rings. The molecule has 1 N–H and O–H groups in total. The predicted octanol–water partition coefficient (Wildman–Crippen LogP) is 3.51. The highest BCUT2D eigenvalue weighted by atomic mass is 15.1. The van der Waals surface area contributed by atoms with Crippen LogP contribution in [0.4, 0.5) is 0 Å². The number of aromatic nitrogens is 2. The zero-order chi connectivity index (χ0) is 13.9. The fraction of sp³-hybridized carbons (Fsp3) is 0.588. The summed E-state index contributed by atoms with van der Waals surface area (Å²) in [7, 11) is 2.10. The van der Waals surface area contributed by atoms with Crippen molar-refractivity contribution in [3.8, 4) is 0 Å². The molecule has 1 unspecified atom stereocenters. The minimum absolute atomic E-state index is 0.562. The van der Waals surface area contributed by atoms with E-state index >= 15 is 0 Å². The number of aryl methyl sites for hydroxylation is 1. The molecule has 1 aromatic carbocycles. The molecule has 3 heteroatoms. The maximum atomic E-state index is 4.68. The normalized spacial score (nSPS) is 18.5. The lowest BCUT2D eigenvalue weighted by atomic mass is 9.84. The van der Waals surface area contributed by atoms with Gasteiger partial charge in [0.1, 0.15) is 5.82 Å². The first-order valence-electron chi connectivity index (χ1n) is 7.88. The van der Waals surface area contributed by atoms with Gasteiger partial charge in [-0.05, 0) is 44.9 Å². The van der Waals surface area contributed by atoms with Crippen LogP contribution in [0.3, 0.4) is 0 Å². The Morgan fingerprint density at radius 3 is 2.75 bits per heavy atom. The van der Waals surface area contributed by atoms with Crippen LogP contribution < -0.4 is 5.32 Å². The van der Waals surface area contributed by atoms with E-state index < -0.39 is 0 Å². The third-order valence-electron chi connectivity index (χ3n) is 4.81. The van der Waals surface area contributed by atoms with Crippen molar-refractivity contribution in [2.75, 3.05) is 7.05 Å². The second-order valence-corrected chi connectivity index (χ2v) is 6.05. The summed E-state index contributed by atoms with van der Waals surface area (Å²) < 4.78 is 2.38. The molecule has 0 saturated heterocycles. The second-order valence-electron chi connectivity index (χ2n) is 6.05. The van der Waals surface area contributed by atoms with Gasteiger partial charge in [0.05, 0.1) is 11.0 Å². The largest absolute Gasteiger partial charge is 0.327 e. The molecular formula is C17H25N3. The van der Waals surface area contributed by atoms with Crippen LogP contribution in [0, 0.1) is 12.8 Å². The molecule has 0 aliphatic heterocycles. The molecule has 20 heavy (non-hydrogen) atoms.